The van der Waals surface area contributed by atoms with Crippen LogP contribution in [0.5, 0.6) is 5.75 Å². The van der Waals surface area contributed by atoms with Crippen LogP contribution in [-0.4, -0.2) is 42.6 Å². The van der Waals surface area contributed by atoms with E-state index < -0.39 is 17.0 Å². The van der Waals surface area contributed by atoms with Crippen molar-refractivity contribution in [2.75, 3.05) is 20.3 Å². The van der Waals surface area contributed by atoms with Crippen LogP contribution in [0.4, 0.5) is 10.1 Å². The van der Waals surface area contributed by atoms with Crippen molar-refractivity contribution in [3.8, 4) is 16.9 Å². The molecule has 2 spiro atoms. The fourth-order valence-corrected chi connectivity index (χ4v) is 4.81. The standard InChI is InChI=1S/C23H21FN4O3/c1-26-17-6-3-5-15(19(17)24)14-7-8-18-16(11-14)23(20(29)28(2)21(25)27-23)12-22(31-18)9-4-10-30-13-22/h3,5-8,11H,4,9-10,12-13H2,2H3,(H2,25,27). The maximum absolute atomic E-state index is 14.9. The molecule has 8 heteroatoms. The average molecular weight is 420 g/mol. The van der Waals surface area contributed by atoms with Gasteiger partial charge in [-0.1, -0.05) is 24.3 Å². The van der Waals surface area contributed by atoms with E-state index in [1.165, 1.54) is 11.0 Å². The minimum atomic E-state index is -1.25. The number of ether oxygens (including phenoxy) is 2. The van der Waals surface area contributed by atoms with Gasteiger partial charge in [-0.3, -0.25) is 9.69 Å². The summed E-state index contributed by atoms with van der Waals surface area (Å²) < 4.78 is 26.9. The van der Waals surface area contributed by atoms with E-state index in [1.54, 1.807) is 37.4 Å². The summed E-state index contributed by atoms with van der Waals surface area (Å²) in [5, 5.41) is 0. The van der Waals surface area contributed by atoms with Crippen LogP contribution in [0.2, 0.25) is 0 Å². The molecular weight excluding hydrogens is 399 g/mol. The highest BCUT2D eigenvalue weighted by Gasteiger charge is 2.58. The molecule has 1 amide bonds. The molecule has 2 aromatic rings. The third kappa shape index (κ3) is 2.81. The number of guanidine groups is 1. The molecule has 2 atom stereocenters. The molecule has 2 unspecified atom stereocenters. The number of nitrogens with zero attached hydrogens (tertiary/aromatic N) is 3. The van der Waals surface area contributed by atoms with Crippen LogP contribution in [0.1, 0.15) is 24.8 Å². The Balaban J connectivity index is 1.70. The Morgan fingerprint density at radius 3 is 2.84 bits per heavy atom. The summed E-state index contributed by atoms with van der Waals surface area (Å²) in [6.07, 6.45) is 1.86. The maximum Gasteiger partial charge on any atom is 0.261 e. The summed E-state index contributed by atoms with van der Waals surface area (Å²) >= 11 is 0. The van der Waals surface area contributed by atoms with E-state index in [0.29, 0.717) is 36.5 Å². The number of likely N-dealkylation sites (N-methyl/N-ethyl adjacent to an activating group) is 1. The van der Waals surface area contributed by atoms with Crippen LogP contribution in [0.25, 0.3) is 16.0 Å². The van der Waals surface area contributed by atoms with Crippen molar-refractivity contribution < 1.29 is 18.7 Å². The molecule has 0 bridgehead atoms. The predicted molar refractivity (Wildman–Crippen MR) is 112 cm³/mol. The van der Waals surface area contributed by atoms with E-state index in [2.05, 4.69) is 9.84 Å². The number of nitrogens with two attached hydrogens (primary N) is 1. The third-order valence-corrected chi connectivity index (χ3v) is 6.33. The van der Waals surface area contributed by atoms with Gasteiger partial charge in [0.15, 0.2) is 11.5 Å². The van der Waals surface area contributed by atoms with E-state index in [9.17, 15) is 9.18 Å². The Morgan fingerprint density at radius 2 is 2.16 bits per heavy atom. The highest BCUT2D eigenvalue weighted by molar-refractivity contribution is 6.07. The first-order chi connectivity index (χ1) is 14.9. The molecule has 5 rings (SSSR count). The number of carbonyl (C=O) groups is 1. The number of amides is 1. The van der Waals surface area contributed by atoms with Crippen LogP contribution >= 0.6 is 0 Å². The number of hydrogen-bond donors (Lipinski definition) is 1. The maximum atomic E-state index is 14.9. The highest BCUT2D eigenvalue weighted by atomic mass is 19.1. The molecule has 7 nitrogen and oxygen atoms in total. The van der Waals surface area contributed by atoms with Crippen molar-refractivity contribution in [3.63, 3.8) is 0 Å². The van der Waals surface area contributed by atoms with Crippen LogP contribution in [0.3, 0.4) is 0 Å². The zero-order chi connectivity index (χ0) is 21.8. The van der Waals surface area contributed by atoms with E-state index in [0.717, 1.165) is 12.8 Å². The van der Waals surface area contributed by atoms with Gasteiger partial charge in [-0.2, -0.15) is 0 Å². The Morgan fingerprint density at radius 1 is 1.32 bits per heavy atom. The quantitative estimate of drug-likeness (QED) is 0.718. The predicted octanol–water partition coefficient (Wildman–Crippen LogP) is 3.36. The van der Waals surface area contributed by atoms with Gasteiger partial charge < -0.3 is 15.2 Å². The van der Waals surface area contributed by atoms with Gasteiger partial charge >= 0.3 is 0 Å². The number of carbonyl (C=O) groups excluding carboxylic acids is 1. The van der Waals surface area contributed by atoms with Crippen molar-refractivity contribution >= 4 is 17.6 Å². The molecule has 3 aliphatic heterocycles. The van der Waals surface area contributed by atoms with Crippen LogP contribution < -0.4 is 10.5 Å². The number of halogens is 1. The molecule has 1 saturated heterocycles. The van der Waals surface area contributed by atoms with Crippen molar-refractivity contribution in [2.24, 2.45) is 10.7 Å². The minimum Gasteiger partial charge on any atom is -0.484 e. The second kappa shape index (κ2) is 6.79. The van der Waals surface area contributed by atoms with Gasteiger partial charge in [0, 0.05) is 31.2 Å². The van der Waals surface area contributed by atoms with Gasteiger partial charge in [-0.05, 0) is 30.5 Å². The van der Waals surface area contributed by atoms with Gasteiger partial charge in [-0.15, -0.1) is 0 Å². The number of benzene rings is 2. The smallest absolute Gasteiger partial charge is 0.261 e. The number of aliphatic imine (C=N–C) groups is 1. The summed E-state index contributed by atoms with van der Waals surface area (Å²) in [5.41, 5.74) is 5.43. The molecular formula is C23H21FN4O3. The largest absolute Gasteiger partial charge is 0.484 e. The molecule has 0 saturated carbocycles. The Hall–Kier alpha value is -3.44. The van der Waals surface area contributed by atoms with Crippen molar-refractivity contribution in [2.45, 2.75) is 30.4 Å². The van der Waals surface area contributed by atoms with Gasteiger partial charge in [-0.25, -0.2) is 14.2 Å². The van der Waals surface area contributed by atoms with E-state index in [-0.39, 0.29) is 23.1 Å². The van der Waals surface area contributed by atoms with Gasteiger partial charge in [0.05, 0.1) is 13.2 Å². The van der Waals surface area contributed by atoms with Gasteiger partial charge in [0.25, 0.3) is 5.91 Å². The topological polar surface area (TPSA) is 81.5 Å². The molecule has 2 aromatic carbocycles. The zero-order valence-corrected chi connectivity index (χ0v) is 17.0. The lowest BCUT2D eigenvalue weighted by atomic mass is 9.74. The Kier molecular flexibility index (Phi) is 4.27. The molecule has 0 aromatic heterocycles. The van der Waals surface area contributed by atoms with Gasteiger partial charge in [0.1, 0.15) is 17.2 Å². The lowest BCUT2D eigenvalue weighted by molar-refractivity contribution is -0.139. The Bertz CT molecular complexity index is 1170. The monoisotopic (exact) mass is 420 g/mol. The number of hydrogen-bond acceptors (Lipinski definition) is 5. The highest BCUT2D eigenvalue weighted by Crippen LogP contribution is 2.52. The zero-order valence-electron chi connectivity index (χ0n) is 17.0. The third-order valence-electron chi connectivity index (χ3n) is 6.33. The van der Waals surface area contributed by atoms with Crippen molar-refractivity contribution in [3.05, 3.63) is 59.2 Å². The molecule has 3 heterocycles. The van der Waals surface area contributed by atoms with Gasteiger partial charge in [0.2, 0.25) is 5.69 Å². The minimum absolute atomic E-state index is 0.0570. The SMILES string of the molecule is [C-]#[N+]c1cccc(-c2ccc3c(c2)C2(CC4(CCCOC4)O3)N=C(N)N(C)C2=O)c1F. The fourth-order valence-electron chi connectivity index (χ4n) is 4.81. The first-order valence-electron chi connectivity index (χ1n) is 10.1. The van der Waals surface area contributed by atoms with E-state index >= 15 is 0 Å². The fraction of sp³-hybridized carbons (Fsp3) is 0.348. The molecule has 158 valence electrons. The van der Waals surface area contributed by atoms with Crippen molar-refractivity contribution in [1.82, 2.24) is 4.90 Å². The van der Waals surface area contributed by atoms with Crippen LogP contribution in [0, 0.1) is 12.4 Å². The first-order valence-corrected chi connectivity index (χ1v) is 10.1. The molecule has 2 N–H and O–H groups in total. The molecule has 0 radical (unpaired) electrons. The molecule has 0 aliphatic carbocycles. The van der Waals surface area contributed by atoms with E-state index in [1.807, 2.05) is 0 Å². The summed E-state index contributed by atoms with van der Waals surface area (Å²) in [5.74, 6) is -0.191. The summed E-state index contributed by atoms with van der Waals surface area (Å²) in [6, 6.07) is 9.88. The lowest BCUT2D eigenvalue weighted by Gasteiger charge is -2.46. The number of rotatable bonds is 1. The second-order valence-electron chi connectivity index (χ2n) is 8.27. The summed E-state index contributed by atoms with van der Waals surface area (Å²) in [7, 11) is 1.60. The second-order valence-corrected chi connectivity index (χ2v) is 8.27. The first kappa shape index (κ1) is 19.5. The summed E-state index contributed by atoms with van der Waals surface area (Å²) in [6.45, 7) is 8.20. The molecule has 1 fully saturated rings. The molecule has 31 heavy (non-hydrogen) atoms. The summed E-state index contributed by atoms with van der Waals surface area (Å²) in [4.78, 5) is 22.6. The number of fused-ring (bicyclic) bond motifs is 2. The van der Waals surface area contributed by atoms with Crippen molar-refractivity contribution in [1.29, 1.82) is 0 Å². The van der Waals surface area contributed by atoms with Crippen LogP contribution in [0.15, 0.2) is 41.4 Å². The Labute approximate surface area is 179 Å². The van der Waals surface area contributed by atoms with Crippen LogP contribution in [-0.2, 0) is 15.1 Å². The van der Waals surface area contributed by atoms with E-state index in [4.69, 9.17) is 21.8 Å². The normalized spacial score (nSPS) is 27.1. The average Bonchev–Trinajstić information content (AvgIpc) is 2.98. The molecule has 3 aliphatic rings. The lowest BCUT2D eigenvalue weighted by Crippen LogP contribution is -2.55.